The number of methoxy groups -OCH3 is 1. The molecule has 0 spiro atoms. The quantitative estimate of drug-likeness (QED) is 0.826. The van der Waals surface area contributed by atoms with Crippen molar-refractivity contribution in [1.29, 1.82) is 0 Å². The van der Waals surface area contributed by atoms with Gasteiger partial charge in [0, 0.05) is 16.6 Å². The average molecular weight is 377 g/mol. The monoisotopic (exact) mass is 376 g/mol. The van der Waals surface area contributed by atoms with E-state index in [1.807, 2.05) is 14.1 Å². The molecule has 7 heteroatoms. The number of hydrogen-bond acceptors (Lipinski definition) is 4. The van der Waals surface area contributed by atoms with Crippen molar-refractivity contribution in [2.24, 2.45) is 0 Å². The third kappa shape index (κ3) is 3.41. The van der Waals surface area contributed by atoms with Crippen LogP contribution in [0.4, 0.5) is 0 Å². The molecule has 0 aromatic heterocycles. The maximum absolute atomic E-state index is 12.5. The number of ether oxygens (including phenoxy) is 1. The van der Waals surface area contributed by atoms with Crippen LogP contribution >= 0.6 is 15.9 Å². The maximum Gasteiger partial charge on any atom is 0.244 e. The highest BCUT2D eigenvalue weighted by atomic mass is 79.9. The summed E-state index contributed by atoms with van der Waals surface area (Å²) < 4.78 is 33.7. The van der Waals surface area contributed by atoms with Crippen LogP contribution in [0, 0.1) is 0 Å². The molecule has 1 fully saturated rings. The number of sulfonamides is 1. The van der Waals surface area contributed by atoms with Crippen molar-refractivity contribution in [3.05, 3.63) is 22.7 Å². The molecule has 1 aliphatic rings. The largest absolute Gasteiger partial charge is 0.495 e. The van der Waals surface area contributed by atoms with Crippen LogP contribution in [0.2, 0.25) is 0 Å². The first-order valence-corrected chi connectivity index (χ1v) is 9.09. The van der Waals surface area contributed by atoms with Crippen LogP contribution in [0.5, 0.6) is 5.75 Å². The Kier molecular flexibility index (Phi) is 4.97. The molecule has 1 aromatic carbocycles. The summed E-state index contributed by atoms with van der Waals surface area (Å²) in [6.45, 7) is 0.415. The van der Waals surface area contributed by atoms with E-state index >= 15 is 0 Å². The zero-order valence-electron chi connectivity index (χ0n) is 12.5. The summed E-state index contributed by atoms with van der Waals surface area (Å²) in [7, 11) is 1.85. The van der Waals surface area contributed by atoms with E-state index in [1.165, 1.54) is 7.11 Å². The lowest BCUT2D eigenvalue weighted by Gasteiger charge is -2.47. The fourth-order valence-corrected chi connectivity index (χ4v) is 4.36. The number of halogens is 1. The molecule has 1 aromatic rings. The minimum Gasteiger partial charge on any atom is -0.495 e. The fraction of sp³-hybridized carbons (Fsp3) is 0.571. The number of nitrogens with one attached hydrogen (secondary N) is 1. The predicted octanol–water partition coefficient (Wildman–Crippen LogP) is 2.22. The standard InChI is InChI=1S/C14H21BrN2O3S/c1-17(2)14(7-4-8-14)10-16-21(18,19)13-9-11(15)5-6-12(13)20-3/h5-6,9,16H,4,7-8,10H2,1-3H3. The average Bonchev–Trinajstić information content (AvgIpc) is 2.36. The summed E-state index contributed by atoms with van der Waals surface area (Å²) in [6.07, 6.45) is 3.16. The fourth-order valence-electron chi connectivity index (χ4n) is 2.53. The van der Waals surface area contributed by atoms with E-state index in [1.54, 1.807) is 18.2 Å². The smallest absolute Gasteiger partial charge is 0.244 e. The van der Waals surface area contributed by atoms with Crippen molar-refractivity contribution in [2.75, 3.05) is 27.7 Å². The molecule has 0 radical (unpaired) electrons. The first-order valence-electron chi connectivity index (χ1n) is 6.81. The molecule has 0 atom stereocenters. The Labute approximate surface area is 134 Å². The molecule has 1 N–H and O–H groups in total. The van der Waals surface area contributed by atoms with Gasteiger partial charge in [-0.2, -0.15) is 0 Å². The summed E-state index contributed by atoms with van der Waals surface area (Å²) in [5.41, 5.74) is -0.0632. The van der Waals surface area contributed by atoms with Crippen LogP contribution in [0.25, 0.3) is 0 Å². The van der Waals surface area contributed by atoms with Gasteiger partial charge >= 0.3 is 0 Å². The lowest BCUT2D eigenvalue weighted by molar-refractivity contribution is 0.0656. The van der Waals surface area contributed by atoms with Crippen molar-refractivity contribution in [3.8, 4) is 5.75 Å². The molecule has 1 aliphatic carbocycles. The van der Waals surface area contributed by atoms with Crippen LogP contribution in [-0.4, -0.2) is 46.6 Å². The Balaban J connectivity index is 2.21. The van der Waals surface area contributed by atoms with Gasteiger partial charge in [-0.15, -0.1) is 0 Å². The van der Waals surface area contributed by atoms with Gasteiger partial charge in [0.15, 0.2) is 0 Å². The SMILES string of the molecule is COc1ccc(Br)cc1S(=O)(=O)NCC1(N(C)C)CCC1. The molecule has 118 valence electrons. The molecule has 21 heavy (non-hydrogen) atoms. The van der Waals surface area contributed by atoms with Gasteiger partial charge in [0.2, 0.25) is 10.0 Å². The van der Waals surface area contributed by atoms with Crippen LogP contribution in [0.15, 0.2) is 27.6 Å². The maximum atomic E-state index is 12.5. The number of likely N-dealkylation sites (N-methyl/N-ethyl adjacent to an activating group) is 1. The first-order chi connectivity index (χ1) is 9.81. The normalized spacial score (nSPS) is 17.6. The van der Waals surface area contributed by atoms with Crippen molar-refractivity contribution >= 4 is 26.0 Å². The number of nitrogens with zero attached hydrogens (tertiary/aromatic N) is 1. The molecule has 2 rings (SSSR count). The second-order valence-electron chi connectivity index (χ2n) is 5.59. The van der Waals surface area contributed by atoms with Gasteiger partial charge in [-0.3, -0.25) is 0 Å². The molecule has 0 heterocycles. The second kappa shape index (κ2) is 6.24. The van der Waals surface area contributed by atoms with Gasteiger partial charge in [-0.25, -0.2) is 13.1 Å². The number of benzene rings is 1. The molecule has 0 unspecified atom stereocenters. The Morgan fingerprint density at radius 3 is 2.52 bits per heavy atom. The highest BCUT2D eigenvalue weighted by molar-refractivity contribution is 9.10. The van der Waals surface area contributed by atoms with Gasteiger partial charge in [0.1, 0.15) is 10.6 Å². The molecular weight excluding hydrogens is 356 g/mol. The Hall–Kier alpha value is -0.630. The summed E-state index contributed by atoms with van der Waals surface area (Å²) in [4.78, 5) is 2.27. The highest BCUT2D eigenvalue weighted by Gasteiger charge is 2.40. The van der Waals surface area contributed by atoms with Crippen molar-refractivity contribution in [2.45, 2.75) is 29.7 Å². The van der Waals surface area contributed by atoms with Crippen molar-refractivity contribution < 1.29 is 13.2 Å². The molecular formula is C14H21BrN2O3S. The number of rotatable bonds is 6. The Bertz CT molecular complexity index is 613. The summed E-state index contributed by atoms with van der Waals surface area (Å²) in [5.74, 6) is 0.346. The molecule has 0 bridgehead atoms. The molecule has 0 amide bonds. The van der Waals surface area contributed by atoms with E-state index in [9.17, 15) is 8.42 Å². The van der Waals surface area contributed by atoms with E-state index in [0.717, 1.165) is 19.3 Å². The molecule has 0 saturated heterocycles. The number of hydrogen-bond donors (Lipinski definition) is 1. The van der Waals surface area contributed by atoms with Gasteiger partial charge in [-0.1, -0.05) is 15.9 Å². The first kappa shape index (κ1) is 16.7. The highest BCUT2D eigenvalue weighted by Crippen LogP contribution is 2.36. The van der Waals surface area contributed by atoms with Crippen LogP contribution in [0.3, 0.4) is 0 Å². The minimum atomic E-state index is -3.60. The third-order valence-electron chi connectivity index (χ3n) is 4.24. The predicted molar refractivity (Wildman–Crippen MR) is 86.2 cm³/mol. The summed E-state index contributed by atoms with van der Waals surface area (Å²) in [5, 5.41) is 0. The van der Waals surface area contributed by atoms with E-state index in [0.29, 0.717) is 16.8 Å². The minimum absolute atomic E-state index is 0.0632. The molecule has 5 nitrogen and oxygen atoms in total. The van der Waals surface area contributed by atoms with Crippen molar-refractivity contribution in [3.63, 3.8) is 0 Å². The van der Waals surface area contributed by atoms with Crippen LogP contribution in [0.1, 0.15) is 19.3 Å². The lowest BCUT2D eigenvalue weighted by Crippen LogP contribution is -2.57. The lowest BCUT2D eigenvalue weighted by atomic mass is 9.76. The van der Waals surface area contributed by atoms with Gasteiger partial charge in [-0.05, 0) is 51.6 Å². The molecule has 0 aliphatic heterocycles. The van der Waals surface area contributed by atoms with Gasteiger partial charge in [0.05, 0.1) is 7.11 Å². The summed E-state index contributed by atoms with van der Waals surface area (Å²) in [6, 6.07) is 4.96. The molecule has 1 saturated carbocycles. The summed E-state index contributed by atoms with van der Waals surface area (Å²) >= 11 is 3.30. The van der Waals surface area contributed by atoms with E-state index in [4.69, 9.17) is 4.74 Å². The van der Waals surface area contributed by atoms with Crippen LogP contribution < -0.4 is 9.46 Å². The van der Waals surface area contributed by atoms with Gasteiger partial charge < -0.3 is 9.64 Å². The second-order valence-corrected chi connectivity index (χ2v) is 8.24. The zero-order valence-corrected chi connectivity index (χ0v) is 14.9. The Morgan fingerprint density at radius 2 is 2.05 bits per heavy atom. The zero-order chi connectivity index (χ0) is 15.7. The van der Waals surface area contributed by atoms with E-state index in [2.05, 4.69) is 25.6 Å². The third-order valence-corrected chi connectivity index (χ3v) is 6.16. The van der Waals surface area contributed by atoms with Gasteiger partial charge in [0.25, 0.3) is 0 Å². The van der Waals surface area contributed by atoms with Crippen molar-refractivity contribution in [1.82, 2.24) is 9.62 Å². The topological polar surface area (TPSA) is 58.6 Å². The van der Waals surface area contributed by atoms with E-state index < -0.39 is 10.0 Å². The van der Waals surface area contributed by atoms with Crippen LogP contribution in [-0.2, 0) is 10.0 Å². The van der Waals surface area contributed by atoms with E-state index in [-0.39, 0.29) is 10.4 Å². The Morgan fingerprint density at radius 1 is 1.38 bits per heavy atom.